The van der Waals surface area contributed by atoms with Gasteiger partial charge in [-0.05, 0) is 35.9 Å². The van der Waals surface area contributed by atoms with Gasteiger partial charge < -0.3 is 10.1 Å². The van der Waals surface area contributed by atoms with E-state index in [0.29, 0.717) is 27.1 Å². The molecule has 0 amide bonds. The van der Waals surface area contributed by atoms with E-state index in [1.165, 1.54) is 12.1 Å². The van der Waals surface area contributed by atoms with Gasteiger partial charge in [0, 0.05) is 33.1 Å². The summed E-state index contributed by atoms with van der Waals surface area (Å²) in [5.74, 6) is -1.10. The average Bonchev–Trinajstić information content (AvgIpc) is 2.86. The summed E-state index contributed by atoms with van der Waals surface area (Å²) in [4.78, 5) is 14.4. The van der Waals surface area contributed by atoms with Gasteiger partial charge >= 0.3 is 5.97 Å². The molecule has 0 unspecified atom stereocenters. The molecule has 0 fully saturated rings. The Bertz CT molecular complexity index is 933. The van der Waals surface area contributed by atoms with E-state index in [4.69, 9.17) is 51.5 Å². The summed E-state index contributed by atoms with van der Waals surface area (Å²) in [5.41, 5.74) is 2.15. The third-order valence-electron chi connectivity index (χ3n) is 3.49. The van der Waals surface area contributed by atoms with Gasteiger partial charge in [-0.3, -0.25) is 0 Å². The van der Waals surface area contributed by atoms with Gasteiger partial charge in [0.1, 0.15) is 0 Å². The average molecular weight is 389 g/mol. The minimum Gasteiger partial charge on any atom is -0.478 e. The summed E-state index contributed by atoms with van der Waals surface area (Å²) in [6.45, 7) is 0. The number of aromatic nitrogens is 1. The summed E-state index contributed by atoms with van der Waals surface area (Å²) in [5, 5.41) is 11.6. The van der Waals surface area contributed by atoms with Gasteiger partial charge in [-0.25, -0.2) is 4.79 Å². The molecule has 1 aromatic heterocycles. The molecule has 23 heavy (non-hydrogen) atoms. The first-order valence-corrected chi connectivity index (χ1v) is 8.05. The molecule has 0 spiro atoms. The number of aromatic amines is 1. The van der Waals surface area contributed by atoms with E-state index in [2.05, 4.69) is 4.98 Å². The molecular formula is C16H9Cl4NO2. The summed E-state index contributed by atoms with van der Waals surface area (Å²) >= 11 is 24.5. The van der Waals surface area contributed by atoms with Crippen molar-refractivity contribution in [3.63, 3.8) is 0 Å². The van der Waals surface area contributed by atoms with Gasteiger partial charge in [0.05, 0.1) is 15.6 Å². The molecule has 0 atom stereocenters. The highest BCUT2D eigenvalue weighted by atomic mass is 35.5. The van der Waals surface area contributed by atoms with Gasteiger partial charge in [0.15, 0.2) is 0 Å². The Labute approximate surface area is 151 Å². The van der Waals surface area contributed by atoms with E-state index < -0.39 is 5.97 Å². The van der Waals surface area contributed by atoms with E-state index in [9.17, 15) is 4.79 Å². The molecule has 0 bridgehead atoms. The predicted molar refractivity (Wildman–Crippen MR) is 94.5 cm³/mol. The largest absolute Gasteiger partial charge is 0.478 e. The number of hydrogen-bond donors (Lipinski definition) is 2. The van der Waals surface area contributed by atoms with Crippen molar-refractivity contribution in [1.82, 2.24) is 4.98 Å². The van der Waals surface area contributed by atoms with Crippen LogP contribution in [0.4, 0.5) is 0 Å². The first-order valence-electron chi connectivity index (χ1n) is 6.53. The fourth-order valence-corrected chi connectivity index (χ4v) is 3.56. The Morgan fingerprint density at radius 2 is 1.78 bits per heavy atom. The second-order valence-electron chi connectivity index (χ2n) is 5.01. The van der Waals surface area contributed by atoms with Gasteiger partial charge in [-0.2, -0.15) is 0 Å². The van der Waals surface area contributed by atoms with E-state index in [1.54, 1.807) is 12.1 Å². The molecule has 0 saturated carbocycles. The quantitative estimate of drug-likeness (QED) is 0.571. The van der Waals surface area contributed by atoms with Crippen LogP contribution in [0.25, 0.3) is 10.9 Å². The van der Waals surface area contributed by atoms with Crippen LogP contribution in [0.5, 0.6) is 0 Å². The normalized spacial score (nSPS) is 11.1. The van der Waals surface area contributed by atoms with E-state index in [-0.39, 0.29) is 10.6 Å². The number of nitrogens with one attached hydrogen (secondary N) is 1. The maximum atomic E-state index is 11.2. The Kier molecular flexibility index (Phi) is 4.47. The van der Waals surface area contributed by atoms with Crippen LogP contribution in [0.2, 0.25) is 20.1 Å². The number of hydrogen-bond acceptors (Lipinski definition) is 1. The Morgan fingerprint density at radius 1 is 1.04 bits per heavy atom. The lowest BCUT2D eigenvalue weighted by Gasteiger charge is -2.08. The van der Waals surface area contributed by atoms with Gasteiger partial charge in [-0.15, -0.1) is 0 Å². The number of H-pyrrole nitrogens is 1. The van der Waals surface area contributed by atoms with Crippen molar-refractivity contribution in [2.75, 3.05) is 0 Å². The van der Waals surface area contributed by atoms with Crippen molar-refractivity contribution in [3.05, 3.63) is 67.2 Å². The maximum Gasteiger partial charge on any atom is 0.337 e. The molecule has 0 saturated heterocycles. The van der Waals surface area contributed by atoms with Crippen LogP contribution in [-0.2, 0) is 6.42 Å². The topological polar surface area (TPSA) is 53.1 Å². The van der Waals surface area contributed by atoms with Gasteiger partial charge in [0.2, 0.25) is 0 Å². The highest BCUT2D eigenvalue weighted by Crippen LogP contribution is 2.33. The smallest absolute Gasteiger partial charge is 0.337 e. The van der Waals surface area contributed by atoms with Crippen LogP contribution in [0.3, 0.4) is 0 Å². The lowest BCUT2D eigenvalue weighted by molar-refractivity contribution is 0.0697. The standard InChI is InChI=1S/C16H9Cl4NO2/c17-7-3-13(19)10-5-8(21-14(10)4-7)6-11-12(18)2-1-9(15(11)20)16(22)23/h1-5,21H,6H2,(H,22,23). The minimum atomic E-state index is -1.10. The van der Waals surface area contributed by atoms with Crippen LogP contribution in [0, 0.1) is 0 Å². The fourth-order valence-electron chi connectivity index (χ4n) is 2.43. The molecule has 1 heterocycles. The van der Waals surface area contributed by atoms with Crippen LogP contribution in [0.15, 0.2) is 30.3 Å². The molecule has 3 rings (SSSR count). The second kappa shape index (κ2) is 6.25. The van der Waals surface area contributed by atoms with Crippen molar-refractivity contribution < 1.29 is 9.90 Å². The van der Waals surface area contributed by atoms with Gasteiger partial charge in [-0.1, -0.05) is 46.4 Å². The Hall–Kier alpha value is -1.39. The zero-order valence-corrected chi connectivity index (χ0v) is 14.5. The first-order chi connectivity index (χ1) is 10.9. The summed E-state index contributed by atoms with van der Waals surface area (Å²) in [7, 11) is 0. The third kappa shape index (κ3) is 3.15. The summed E-state index contributed by atoms with van der Waals surface area (Å²) in [6.07, 6.45) is 0.349. The number of fused-ring (bicyclic) bond motifs is 1. The molecule has 0 radical (unpaired) electrons. The zero-order valence-electron chi connectivity index (χ0n) is 11.5. The number of aromatic carboxylic acids is 1. The molecule has 3 aromatic rings. The monoisotopic (exact) mass is 387 g/mol. The molecule has 2 aromatic carbocycles. The number of carboxylic acids is 1. The van der Waals surface area contributed by atoms with Crippen molar-refractivity contribution in [3.8, 4) is 0 Å². The summed E-state index contributed by atoms with van der Waals surface area (Å²) in [6, 6.07) is 8.21. The van der Waals surface area contributed by atoms with Crippen LogP contribution >= 0.6 is 46.4 Å². The van der Waals surface area contributed by atoms with Crippen molar-refractivity contribution in [2.45, 2.75) is 6.42 Å². The SMILES string of the molecule is O=C(O)c1ccc(Cl)c(Cc2cc3c(Cl)cc(Cl)cc3[nH]2)c1Cl. The highest BCUT2D eigenvalue weighted by molar-refractivity contribution is 6.39. The number of benzene rings is 2. The molecule has 118 valence electrons. The first kappa shape index (κ1) is 16.5. The molecule has 7 heteroatoms. The predicted octanol–water partition coefficient (Wildman–Crippen LogP) is 6.07. The molecule has 0 aliphatic rings. The minimum absolute atomic E-state index is 0.0169. The third-order valence-corrected chi connectivity index (χ3v) is 4.81. The van der Waals surface area contributed by atoms with Crippen molar-refractivity contribution in [2.24, 2.45) is 0 Å². The van der Waals surface area contributed by atoms with E-state index in [0.717, 1.165) is 16.6 Å². The highest BCUT2D eigenvalue weighted by Gasteiger charge is 2.17. The Balaban J connectivity index is 2.07. The molecular weight excluding hydrogens is 380 g/mol. The summed E-state index contributed by atoms with van der Waals surface area (Å²) < 4.78 is 0. The van der Waals surface area contributed by atoms with Crippen molar-refractivity contribution >= 4 is 63.3 Å². The molecule has 3 nitrogen and oxygen atoms in total. The van der Waals surface area contributed by atoms with Crippen LogP contribution in [0.1, 0.15) is 21.6 Å². The lowest BCUT2D eigenvalue weighted by Crippen LogP contribution is -2.01. The van der Waals surface area contributed by atoms with Crippen LogP contribution in [-0.4, -0.2) is 16.1 Å². The molecule has 0 aliphatic carbocycles. The lowest BCUT2D eigenvalue weighted by atomic mass is 10.1. The van der Waals surface area contributed by atoms with Gasteiger partial charge in [0.25, 0.3) is 0 Å². The fraction of sp³-hybridized carbons (Fsp3) is 0.0625. The zero-order chi connectivity index (χ0) is 16.7. The molecule has 0 aliphatic heterocycles. The number of carboxylic acid groups (broad SMARTS) is 1. The van der Waals surface area contributed by atoms with E-state index in [1.807, 2.05) is 6.07 Å². The second-order valence-corrected chi connectivity index (χ2v) is 6.64. The number of carbonyl (C=O) groups is 1. The van der Waals surface area contributed by atoms with Crippen LogP contribution < -0.4 is 0 Å². The maximum absolute atomic E-state index is 11.2. The van der Waals surface area contributed by atoms with E-state index >= 15 is 0 Å². The Morgan fingerprint density at radius 3 is 2.48 bits per heavy atom. The number of rotatable bonds is 3. The van der Waals surface area contributed by atoms with Crippen molar-refractivity contribution in [1.29, 1.82) is 0 Å². The molecule has 2 N–H and O–H groups in total. The number of halogens is 4.